The first-order valence-corrected chi connectivity index (χ1v) is 11.6. The van der Waals surface area contributed by atoms with Crippen molar-refractivity contribution in [1.82, 2.24) is 5.32 Å². The second kappa shape index (κ2) is 11.7. The van der Waals surface area contributed by atoms with Crippen molar-refractivity contribution < 1.29 is 28.6 Å². The molecule has 6 nitrogen and oxygen atoms in total. The maximum atomic E-state index is 14.2. The number of amides is 1. The van der Waals surface area contributed by atoms with Gasteiger partial charge in [0, 0.05) is 16.6 Å². The second-order valence-corrected chi connectivity index (χ2v) is 9.95. The Hall–Kier alpha value is -2.64. The highest BCUT2D eigenvalue weighted by atomic mass is 35.5. The Kier molecular flexibility index (Phi) is 9.47. The van der Waals surface area contributed by atoms with E-state index < -0.39 is 35.7 Å². The molecular formula is C26H33ClFNO5. The Balaban J connectivity index is 2.27. The molecule has 2 N–H and O–H groups in total. The molecule has 0 fully saturated rings. The van der Waals surface area contributed by atoms with Gasteiger partial charge in [-0.05, 0) is 76.8 Å². The molecule has 34 heavy (non-hydrogen) atoms. The highest BCUT2D eigenvalue weighted by Crippen LogP contribution is 2.29. The zero-order valence-electron chi connectivity index (χ0n) is 20.3. The molecule has 0 saturated heterocycles. The number of hydrogen-bond acceptors (Lipinski definition) is 5. The van der Waals surface area contributed by atoms with Crippen molar-refractivity contribution in [2.75, 3.05) is 13.2 Å². The maximum absolute atomic E-state index is 14.2. The minimum absolute atomic E-state index is 0.131. The van der Waals surface area contributed by atoms with Gasteiger partial charge in [0.05, 0.1) is 18.6 Å². The summed E-state index contributed by atoms with van der Waals surface area (Å²) in [5, 5.41) is 13.2. The van der Waals surface area contributed by atoms with E-state index in [9.17, 15) is 19.1 Å². The zero-order valence-corrected chi connectivity index (χ0v) is 21.0. The summed E-state index contributed by atoms with van der Waals surface area (Å²) >= 11 is 6.01. The van der Waals surface area contributed by atoms with Gasteiger partial charge in [-0.3, -0.25) is 4.79 Å². The quantitative estimate of drug-likeness (QED) is 0.448. The number of alkyl carbamates (subject to hydrolysis) is 1. The molecule has 0 heterocycles. The molecule has 0 saturated carbocycles. The molecule has 186 valence electrons. The van der Waals surface area contributed by atoms with Crippen LogP contribution in [-0.4, -0.2) is 42.0 Å². The van der Waals surface area contributed by atoms with Crippen molar-refractivity contribution in [2.24, 2.45) is 5.41 Å². The van der Waals surface area contributed by atoms with Gasteiger partial charge < -0.3 is 19.9 Å². The summed E-state index contributed by atoms with van der Waals surface area (Å²) in [6, 6.07) is 11.0. The summed E-state index contributed by atoms with van der Waals surface area (Å²) in [6.45, 7) is 8.30. The number of hydrogen-bond donors (Lipinski definition) is 2. The van der Waals surface area contributed by atoms with Gasteiger partial charge in [0.2, 0.25) is 0 Å². The van der Waals surface area contributed by atoms with E-state index in [-0.39, 0.29) is 18.8 Å². The largest absolute Gasteiger partial charge is 0.466 e. The number of benzene rings is 2. The molecule has 8 heteroatoms. The Morgan fingerprint density at radius 2 is 1.76 bits per heavy atom. The molecule has 0 aliphatic heterocycles. The van der Waals surface area contributed by atoms with Gasteiger partial charge >= 0.3 is 12.1 Å². The van der Waals surface area contributed by atoms with Crippen molar-refractivity contribution in [1.29, 1.82) is 0 Å². The molecule has 0 radical (unpaired) electrons. The SMILES string of the molecule is CCOC(=O)C(C)(CO)C[C@@H](Cc1ccc(-c2cc(Cl)ccc2F)cc1)NC(=O)OC(C)(C)C. The van der Waals surface area contributed by atoms with Crippen LogP contribution in [0.3, 0.4) is 0 Å². The fraction of sp³-hybridized carbons (Fsp3) is 0.462. The third kappa shape index (κ3) is 7.99. The van der Waals surface area contributed by atoms with Crippen LogP contribution in [0, 0.1) is 11.2 Å². The summed E-state index contributed by atoms with van der Waals surface area (Å²) in [4.78, 5) is 25.0. The minimum Gasteiger partial charge on any atom is -0.466 e. The van der Waals surface area contributed by atoms with Crippen LogP contribution in [-0.2, 0) is 20.7 Å². The minimum atomic E-state index is -1.21. The van der Waals surface area contributed by atoms with Gasteiger partial charge in [0.1, 0.15) is 11.4 Å². The highest BCUT2D eigenvalue weighted by Gasteiger charge is 2.37. The molecule has 0 aromatic heterocycles. The maximum Gasteiger partial charge on any atom is 0.407 e. The molecule has 0 aliphatic rings. The number of carbonyl (C=O) groups excluding carboxylic acids is 2. The van der Waals surface area contributed by atoms with Crippen LogP contribution >= 0.6 is 11.6 Å². The van der Waals surface area contributed by atoms with Crippen LogP contribution in [0.1, 0.15) is 46.6 Å². The first-order chi connectivity index (χ1) is 15.9. The monoisotopic (exact) mass is 493 g/mol. The number of nitrogens with one attached hydrogen (secondary N) is 1. The second-order valence-electron chi connectivity index (χ2n) is 9.51. The molecule has 2 aromatic rings. The van der Waals surface area contributed by atoms with Crippen molar-refractivity contribution in [3.8, 4) is 11.1 Å². The molecule has 0 bridgehead atoms. The van der Waals surface area contributed by atoms with Gasteiger partial charge in [-0.2, -0.15) is 0 Å². The summed E-state index contributed by atoms with van der Waals surface area (Å²) < 4.78 is 24.7. The topological polar surface area (TPSA) is 84.9 Å². The van der Waals surface area contributed by atoms with E-state index in [1.807, 2.05) is 12.1 Å². The lowest BCUT2D eigenvalue weighted by molar-refractivity contribution is -0.157. The lowest BCUT2D eigenvalue weighted by Crippen LogP contribution is -2.46. The molecular weight excluding hydrogens is 461 g/mol. The van der Waals surface area contributed by atoms with Gasteiger partial charge in [0.25, 0.3) is 0 Å². The van der Waals surface area contributed by atoms with E-state index in [2.05, 4.69) is 5.32 Å². The Morgan fingerprint density at radius 1 is 1.12 bits per heavy atom. The third-order valence-corrected chi connectivity index (χ3v) is 5.45. The standard InChI is InChI=1S/C26H33ClFNO5/c1-6-33-23(31)26(5,16-30)15-20(29-24(32)34-25(2,3)4)13-17-7-9-18(10-8-17)21-14-19(27)11-12-22(21)28/h7-12,14,20,30H,6,13,15-16H2,1-5H3,(H,29,32)/t20-,26?/m1/s1. The number of esters is 1. The summed E-state index contributed by atoms with van der Waals surface area (Å²) in [5.41, 5.74) is -0.0145. The fourth-order valence-corrected chi connectivity index (χ4v) is 3.71. The first kappa shape index (κ1) is 27.6. The van der Waals surface area contributed by atoms with E-state index in [1.165, 1.54) is 12.1 Å². The number of halogens is 2. The molecule has 2 rings (SSSR count). The van der Waals surface area contributed by atoms with Gasteiger partial charge in [0.15, 0.2) is 0 Å². The summed E-state index contributed by atoms with van der Waals surface area (Å²) in [6.07, 6.45) is -0.141. The van der Waals surface area contributed by atoms with Crippen LogP contribution in [0.25, 0.3) is 11.1 Å². The van der Waals surface area contributed by atoms with E-state index >= 15 is 0 Å². The molecule has 0 spiro atoms. The van der Waals surface area contributed by atoms with Gasteiger partial charge in [-0.1, -0.05) is 35.9 Å². The Labute approximate surface area is 205 Å². The van der Waals surface area contributed by atoms with Crippen LogP contribution < -0.4 is 5.32 Å². The molecule has 0 aliphatic carbocycles. The first-order valence-electron chi connectivity index (χ1n) is 11.2. The third-order valence-electron chi connectivity index (χ3n) is 5.21. The smallest absolute Gasteiger partial charge is 0.407 e. The summed E-state index contributed by atoms with van der Waals surface area (Å²) in [7, 11) is 0. The number of rotatable bonds is 9. The number of carbonyl (C=O) groups is 2. The van der Waals surface area contributed by atoms with Gasteiger partial charge in [-0.15, -0.1) is 0 Å². The fourth-order valence-electron chi connectivity index (χ4n) is 3.53. The predicted molar refractivity (Wildman–Crippen MR) is 130 cm³/mol. The Bertz CT molecular complexity index is 990. The van der Waals surface area contributed by atoms with Crippen LogP contribution in [0.2, 0.25) is 5.02 Å². The Morgan fingerprint density at radius 3 is 2.32 bits per heavy atom. The van der Waals surface area contributed by atoms with Crippen LogP contribution in [0.5, 0.6) is 0 Å². The normalized spacial score (nSPS) is 14.1. The average molecular weight is 494 g/mol. The number of ether oxygens (including phenoxy) is 2. The molecule has 2 atom stereocenters. The van der Waals surface area contributed by atoms with Gasteiger partial charge in [-0.25, -0.2) is 9.18 Å². The van der Waals surface area contributed by atoms with E-state index in [0.717, 1.165) is 5.56 Å². The van der Waals surface area contributed by atoms with E-state index in [0.29, 0.717) is 22.6 Å². The molecule has 1 amide bonds. The lowest BCUT2D eigenvalue weighted by Gasteiger charge is -2.31. The average Bonchev–Trinajstić information content (AvgIpc) is 2.74. The highest BCUT2D eigenvalue weighted by molar-refractivity contribution is 6.30. The molecule has 2 aromatic carbocycles. The van der Waals surface area contributed by atoms with E-state index in [1.54, 1.807) is 52.8 Å². The van der Waals surface area contributed by atoms with Crippen molar-refractivity contribution >= 4 is 23.7 Å². The van der Waals surface area contributed by atoms with Crippen molar-refractivity contribution in [3.63, 3.8) is 0 Å². The summed E-state index contributed by atoms with van der Waals surface area (Å²) in [5.74, 6) is -0.921. The lowest BCUT2D eigenvalue weighted by atomic mass is 9.82. The zero-order chi connectivity index (χ0) is 25.5. The molecule has 1 unspecified atom stereocenters. The predicted octanol–water partition coefficient (Wildman–Crippen LogP) is 5.53. The van der Waals surface area contributed by atoms with Crippen molar-refractivity contribution in [3.05, 3.63) is 58.9 Å². The van der Waals surface area contributed by atoms with E-state index in [4.69, 9.17) is 21.1 Å². The van der Waals surface area contributed by atoms with Crippen molar-refractivity contribution in [2.45, 2.75) is 59.1 Å². The number of aliphatic hydroxyl groups excluding tert-OH is 1. The van der Waals surface area contributed by atoms with Crippen LogP contribution in [0.15, 0.2) is 42.5 Å². The van der Waals surface area contributed by atoms with Crippen LogP contribution in [0.4, 0.5) is 9.18 Å². The number of aliphatic hydroxyl groups is 1.